The molecule has 2 fully saturated rings. The number of hydrogen-bond donors (Lipinski definition) is 0. The Morgan fingerprint density at radius 2 is 2.08 bits per heavy atom. The van der Waals surface area contributed by atoms with Gasteiger partial charge in [-0.15, -0.1) is 0 Å². The van der Waals surface area contributed by atoms with Crippen molar-refractivity contribution < 1.29 is 4.79 Å². The Bertz CT molecular complexity index is 737. The second-order valence-electron chi connectivity index (χ2n) is 6.97. The van der Waals surface area contributed by atoms with Crippen LogP contribution >= 0.6 is 15.9 Å². The summed E-state index contributed by atoms with van der Waals surface area (Å²) < 4.78 is 4.44. The molecule has 1 aliphatic heterocycles. The fourth-order valence-corrected chi connectivity index (χ4v) is 3.63. The second-order valence-corrected chi connectivity index (χ2v) is 7.89. The molecule has 1 saturated heterocycles. The lowest BCUT2D eigenvalue weighted by atomic mass is 10.3. The number of aromatic nitrogens is 4. The van der Waals surface area contributed by atoms with E-state index in [4.69, 9.17) is 0 Å². The number of halogens is 1. The number of hydrogen-bond acceptors (Lipinski definition) is 4. The SMILES string of the molecule is O=C(c1ccn(Cn2cc(Br)cn2)n1)N1CCCN(CC2CC2)CC1. The molecule has 25 heavy (non-hydrogen) atoms. The fraction of sp³-hybridized carbons (Fsp3) is 0.588. The molecule has 8 heteroatoms. The summed E-state index contributed by atoms with van der Waals surface area (Å²) >= 11 is 3.38. The van der Waals surface area contributed by atoms with Crippen molar-refractivity contribution in [3.8, 4) is 0 Å². The van der Waals surface area contributed by atoms with Crippen LogP contribution < -0.4 is 0 Å². The summed E-state index contributed by atoms with van der Waals surface area (Å²) in [5, 5.41) is 8.65. The van der Waals surface area contributed by atoms with Crippen LogP contribution in [0.15, 0.2) is 29.1 Å². The van der Waals surface area contributed by atoms with Gasteiger partial charge in [0, 0.05) is 38.6 Å². The van der Waals surface area contributed by atoms with Gasteiger partial charge in [0.15, 0.2) is 0 Å². The quantitative estimate of drug-likeness (QED) is 0.760. The van der Waals surface area contributed by atoms with Crippen molar-refractivity contribution in [2.45, 2.75) is 25.9 Å². The van der Waals surface area contributed by atoms with Gasteiger partial charge in [-0.3, -0.25) is 9.48 Å². The molecule has 2 aromatic heterocycles. The van der Waals surface area contributed by atoms with Crippen LogP contribution in [-0.2, 0) is 6.67 Å². The standard InChI is InChI=1S/C17H23BrN6O/c18-15-10-19-24(12-15)13-23-7-4-16(20-23)17(25)22-6-1-5-21(8-9-22)11-14-2-3-14/h4,7,10,12,14H,1-3,5-6,8-9,11,13H2. The van der Waals surface area contributed by atoms with E-state index in [-0.39, 0.29) is 5.91 Å². The summed E-state index contributed by atoms with van der Waals surface area (Å²) in [5.74, 6) is 0.939. The summed E-state index contributed by atoms with van der Waals surface area (Å²) in [6.07, 6.45) is 9.25. The van der Waals surface area contributed by atoms with Crippen molar-refractivity contribution >= 4 is 21.8 Å². The largest absolute Gasteiger partial charge is 0.336 e. The van der Waals surface area contributed by atoms with E-state index in [1.165, 1.54) is 19.4 Å². The smallest absolute Gasteiger partial charge is 0.274 e. The summed E-state index contributed by atoms with van der Waals surface area (Å²) in [7, 11) is 0. The average Bonchev–Trinajstić information content (AvgIpc) is 3.22. The van der Waals surface area contributed by atoms with Crippen LogP contribution in [-0.4, -0.2) is 68.0 Å². The van der Waals surface area contributed by atoms with Gasteiger partial charge in [-0.2, -0.15) is 10.2 Å². The van der Waals surface area contributed by atoms with Gasteiger partial charge in [-0.05, 0) is 53.7 Å². The molecule has 1 aliphatic carbocycles. The van der Waals surface area contributed by atoms with Crippen molar-refractivity contribution in [1.82, 2.24) is 29.4 Å². The molecule has 7 nitrogen and oxygen atoms in total. The maximum absolute atomic E-state index is 12.8. The van der Waals surface area contributed by atoms with Gasteiger partial charge in [0.25, 0.3) is 5.91 Å². The van der Waals surface area contributed by atoms with Gasteiger partial charge in [0.2, 0.25) is 0 Å². The summed E-state index contributed by atoms with van der Waals surface area (Å²) in [6, 6.07) is 1.80. The number of amides is 1. The van der Waals surface area contributed by atoms with E-state index in [1.54, 1.807) is 21.6 Å². The van der Waals surface area contributed by atoms with Crippen molar-refractivity contribution in [3.05, 3.63) is 34.8 Å². The molecular formula is C17H23BrN6O. The lowest BCUT2D eigenvalue weighted by Gasteiger charge is -2.21. The minimum absolute atomic E-state index is 0.0358. The molecule has 2 aromatic rings. The van der Waals surface area contributed by atoms with Crippen molar-refractivity contribution in [2.24, 2.45) is 5.92 Å². The van der Waals surface area contributed by atoms with Crippen LogP contribution in [0.3, 0.4) is 0 Å². The van der Waals surface area contributed by atoms with Crippen LogP contribution in [0.5, 0.6) is 0 Å². The number of nitrogens with zero attached hydrogens (tertiary/aromatic N) is 6. The number of carbonyl (C=O) groups is 1. The predicted molar refractivity (Wildman–Crippen MR) is 97.2 cm³/mol. The van der Waals surface area contributed by atoms with Gasteiger partial charge in [0.1, 0.15) is 12.4 Å². The minimum atomic E-state index is 0.0358. The zero-order valence-electron chi connectivity index (χ0n) is 14.2. The Morgan fingerprint density at radius 3 is 2.84 bits per heavy atom. The maximum Gasteiger partial charge on any atom is 0.274 e. The molecule has 4 rings (SSSR count). The molecule has 0 unspecified atom stereocenters. The third-order valence-corrected chi connectivity index (χ3v) is 5.25. The predicted octanol–water partition coefficient (Wildman–Crippen LogP) is 1.91. The van der Waals surface area contributed by atoms with E-state index in [1.807, 2.05) is 17.3 Å². The van der Waals surface area contributed by atoms with E-state index >= 15 is 0 Å². The molecular weight excluding hydrogens is 384 g/mol. The first-order valence-electron chi connectivity index (χ1n) is 8.90. The molecule has 0 bridgehead atoms. The summed E-state index contributed by atoms with van der Waals surface area (Å²) in [4.78, 5) is 17.2. The number of carbonyl (C=O) groups excluding carboxylic acids is 1. The van der Waals surface area contributed by atoms with Crippen LogP contribution in [0.4, 0.5) is 0 Å². The van der Waals surface area contributed by atoms with Crippen LogP contribution in [0, 0.1) is 5.92 Å². The fourth-order valence-electron chi connectivity index (χ4n) is 3.30. The molecule has 1 amide bonds. The zero-order chi connectivity index (χ0) is 17.2. The second kappa shape index (κ2) is 7.29. The van der Waals surface area contributed by atoms with E-state index in [2.05, 4.69) is 31.0 Å². The Labute approximate surface area is 155 Å². The van der Waals surface area contributed by atoms with Crippen molar-refractivity contribution in [3.63, 3.8) is 0 Å². The third-order valence-electron chi connectivity index (χ3n) is 4.84. The first-order chi connectivity index (χ1) is 12.2. The first-order valence-corrected chi connectivity index (χ1v) is 9.70. The van der Waals surface area contributed by atoms with Gasteiger partial charge in [-0.25, -0.2) is 4.68 Å². The highest BCUT2D eigenvalue weighted by atomic mass is 79.9. The Hall–Kier alpha value is -1.67. The Balaban J connectivity index is 1.35. The number of rotatable bonds is 5. The lowest BCUT2D eigenvalue weighted by Crippen LogP contribution is -2.36. The highest BCUT2D eigenvalue weighted by Crippen LogP contribution is 2.29. The molecule has 0 atom stereocenters. The molecule has 2 aliphatic rings. The topological polar surface area (TPSA) is 59.2 Å². The lowest BCUT2D eigenvalue weighted by molar-refractivity contribution is 0.0754. The molecule has 0 spiro atoms. The maximum atomic E-state index is 12.8. The summed E-state index contributed by atoms with van der Waals surface area (Å²) in [5.41, 5.74) is 0.516. The first kappa shape index (κ1) is 16.8. The van der Waals surface area contributed by atoms with Gasteiger partial charge >= 0.3 is 0 Å². The molecule has 0 radical (unpaired) electrons. The normalized spacial score (nSPS) is 19.2. The Morgan fingerprint density at radius 1 is 1.20 bits per heavy atom. The van der Waals surface area contributed by atoms with E-state index < -0.39 is 0 Å². The highest BCUT2D eigenvalue weighted by molar-refractivity contribution is 9.10. The van der Waals surface area contributed by atoms with Crippen molar-refractivity contribution in [1.29, 1.82) is 0 Å². The summed E-state index contributed by atoms with van der Waals surface area (Å²) in [6.45, 7) is 5.39. The molecule has 0 N–H and O–H groups in total. The molecule has 1 saturated carbocycles. The van der Waals surface area contributed by atoms with E-state index in [9.17, 15) is 4.79 Å². The van der Waals surface area contributed by atoms with Crippen molar-refractivity contribution in [2.75, 3.05) is 32.7 Å². The average molecular weight is 407 g/mol. The van der Waals surface area contributed by atoms with Crippen LogP contribution in [0.2, 0.25) is 0 Å². The highest BCUT2D eigenvalue weighted by Gasteiger charge is 2.27. The van der Waals surface area contributed by atoms with Crippen LogP contribution in [0.25, 0.3) is 0 Å². The molecule has 134 valence electrons. The monoisotopic (exact) mass is 406 g/mol. The zero-order valence-corrected chi connectivity index (χ0v) is 15.8. The van der Waals surface area contributed by atoms with E-state index in [0.29, 0.717) is 12.4 Å². The third kappa shape index (κ3) is 4.30. The van der Waals surface area contributed by atoms with Gasteiger partial charge in [-0.1, -0.05) is 0 Å². The van der Waals surface area contributed by atoms with Crippen LogP contribution in [0.1, 0.15) is 29.8 Å². The van der Waals surface area contributed by atoms with E-state index in [0.717, 1.165) is 43.0 Å². The van der Waals surface area contributed by atoms with Gasteiger partial charge < -0.3 is 9.80 Å². The van der Waals surface area contributed by atoms with Gasteiger partial charge in [0.05, 0.1) is 10.7 Å². The molecule has 3 heterocycles. The Kier molecular flexibility index (Phi) is 4.89. The molecule has 0 aromatic carbocycles. The minimum Gasteiger partial charge on any atom is -0.336 e.